The van der Waals surface area contributed by atoms with Crippen LogP contribution in [0.15, 0.2) is 35.8 Å². The lowest BCUT2D eigenvalue weighted by molar-refractivity contribution is -0.120. The summed E-state index contributed by atoms with van der Waals surface area (Å²) in [6, 6.07) is 8.15. The number of fused-ring (bicyclic) bond motifs is 1. The van der Waals surface area contributed by atoms with E-state index in [-0.39, 0.29) is 12.3 Å². The van der Waals surface area contributed by atoms with Crippen LogP contribution < -0.4 is 11.1 Å². The molecule has 1 amide bonds. The number of hydrogen-bond acceptors (Lipinski definition) is 4. The lowest BCUT2D eigenvalue weighted by Crippen LogP contribution is -2.27. The van der Waals surface area contributed by atoms with Crippen molar-refractivity contribution in [2.45, 2.75) is 12.8 Å². The second kappa shape index (κ2) is 5.97. The molecular formula is C15H16N4OS. The van der Waals surface area contributed by atoms with Crippen molar-refractivity contribution >= 4 is 33.3 Å². The number of nitrogens with zero attached hydrogens (tertiary/aromatic N) is 1. The molecule has 0 radical (unpaired) electrons. The first-order chi connectivity index (χ1) is 10.2. The zero-order valence-electron chi connectivity index (χ0n) is 11.4. The van der Waals surface area contributed by atoms with Gasteiger partial charge in [-0.3, -0.25) is 4.79 Å². The summed E-state index contributed by atoms with van der Waals surface area (Å²) in [5, 5.41) is 6.43. The number of nitrogens with one attached hydrogen (secondary N) is 2. The summed E-state index contributed by atoms with van der Waals surface area (Å²) < 4.78 is 0. The van der Waals surface area contributed by atoms with Gasteiger partial charge in [-0.15, -0.1) is 11.3 Å². The van der Waals surface area contributed by atoms with Crippen LogP contribution >= 0.6 is 11.3 Å². The predicted molar refractivity (Wildman–Crippen MR) is 85.2 cm³/mol. The fourth-order valence-electron chi connectivity index (χ4n) is 2.31. The quantitative estimate of drug-likeness (QED) is 0.675. The molecule has 0 bridgehead atoms. The van der Waals surface area contributed by atoms with Crippen LogP contribution in [0.5, 0.6) is 0 Å². The lowest BCUT2D eigenvalue weighted by Gasteiger charge is -2.03. The maximum Gasteiger partial charge on any atom is 0.226 e. The van der Waals surface area contributed by atoms with E-state index in [9.17, 15) is 4.79 Å². The number of nitrogen functional groups attached to an aromatic ring is 1. The number of aromatic amines is 1. The summed E-state index contributed by atoms with van der Waals surface area (Å²) in [4.78, 5) is 19.1. The molecule has 108 valence electrons. The van der Waals surface area contributed by atoms with Crippen molar-refractivity contribution in [1.29, 1.82) is 0 Å². The Morgan fingerprint density at radius 2 is 2.24 bits per heavy atom. The van der Waals surface area contributed by atoms with E-state index in [1.807, 2.05) is 29.8 Å². The fourth-order valence-corrected chi connectivity index (χ4v) is 2.87. The van der Waals surface area contributed by atoms with Crippen molar-refractivity contribution in [2.75, 3.05) is 12.3 Å². The molecule has 0 unspecified atom stereocenters. The third-order valence-electron chi connectivity index (χ3n) is 3.30. The normalized spacial score (nSPS) is 10.9. The molecule has 21 heavy (non-hydrogen) atoms. The van der Waals surface area contributed by atoms with Crippen LogP contribution in [0.25, 0.3) is 10.9 Å². The fraction of sp³-hybridized carbons (Fsp3) is 0.200. The van der Waals surface area contributed by atoms with Crippen molar-refractivity contribution in [3.05, 3.63) is 47.1 Å². The molecule has 0 aliphatic heterocycles. The van der Waals surface area contributed by atoms with Gasteiger partial charge in [-0.25, -0.2) is 4.98 Å². The van der Waals surface area contributed by atoms with Crippen molar-refractivity contribution in [1.82, 2.24) is 15.3 Å². The molecule has 0 atom stereocenters. The summed E-state index contributed by atoms with van der Waals surface area (Å²) in [5.41, 5.74) is 8.60. The van der Waals surface area contributed by atoms with E-state index < -0.39 is 0 Å². The molecule has 6 heteroatoms. The molecule has 4 N–H and O–H groups in total. The van der Waals surface area contributed by atoms with Gasteiger partial charge in [-0.1, -0.05) is 18.2 Å². The highest BCUT2D eigenvalue weighted by Gasteiger charge is 2.07. The number of hydrogen-bond donors (Lipinski definition) is 3. The maximum atomic E-state index is 11.8. The topological polar surface area (TPSA) is 83.8 Å². The van der Waals surface area contributed by atoms with Crippen molar-refractivity contribution in [2.24, 2.45) is 0 Å². The van der Waals surface area contributed by atoms with Crippen molar-refractivity contribution in [3.8, 4) is 0 Å². The summed E-state index contributed by atoms with van der Waals surface area (Å²) in [6.07, 6.45) is 3.08. The average molecular weight is 300 g/mol. The Balaban J connectivity index is 1.53. The van der Waals surface area contributed by atoms with Gasteiger partial charge < -0.3 is 16.0 Å². The minimum Gasteiger partial charge on any atom is -0.375 e. The molecule has 0 aliphatic rings. The minimum absolute atomic E-state index is 0.0276. The highest BCUT2D eigenvalue weighted by atomic mass is 32.1. The minimum atomic E-state index is -0.0276. The molecule has 2 aromatic heterocycles. The molecule has 0 saturated carbocycles. The van der Waals surface area contributed by atoms with E-state index in [1.54, 1.807) is 0 Å². The number of rotatable bonds is 5. The van der Waals surface area contributed by atoms with Gasteiger partial charge in [0.1, 0.15) is 0 Å². The smallest absolute Gasteiger partial charge is 0.226 e. The molecule has 3 aromatic rings. The van der Waals surface area contributed by atoms with Gasteiger partial charge in [0.2, 0.25) is 5.91 Å². The Bertz CT molecular complexity index is 762. The number of thiazole rings is 1. The second-order valence-electron chi connectivity index (χ2n) is 4.81. The van der Waals surface area contributed by atoms with Crippen molar-refractivity contribution in [3.63, 3.8) is 0 Å². The summed E-state index contributed by atoms with van der Waals surface area (Å²) in [5.74, 6) is -0.0276. The molecule has 3 rings (SSSR count). The molecule has 1 aromatic carbocycles. The third-order valence-corrected chi connectivity index (χ3v) is 4.03. The van der Waals surface area contributed by atoms with Gasteiger partial charge in [0.25, 0.3) is 0 Å². The first-order valence-electron chi connectivity index (χ1n) is 6.74. The van der Waals surface area contributed by atoms with E-state index in [4.69, 9.17) is 5.73 Å². The molecule has 0 fully saturated rings. The Hall–Kier alpha value is -2.34. The van der Waals surface area contributed by atoms with Crippen LogP contribution in [0.3, 0.4) is 0 Å². The van der Waals surface area contributed by atoms with Crippen LogP contribution in [0, 0.1) is 0 Å². The van der Waals surface area contributed by atoms with Gasteiger partial charge in [0.15, 0.2) is 5.13 Å². The monoisotopic (exact) mass is 300 g/mol. The summed E-state index contributed by atoms with van der Waals surface area (Å²) in [7, 11) is 0. The predicted octanol–water partition coefficient (Wildman–Crippen LogP) is 2.11. The average Bonchev–Trinajstić information content (AvgIpc) is 3.06. The van der Waals surface area contributed by atoms with E-state index in [2.05, 4.69) is 21.4 Å². The van der Waals surface area contributed by atoms with Crippen molar-refractivity contribution < 1.29 is 4.79 Å². The highest BCUT2D eigenvalue weighted by molar-refractivity contribution is 7.13. The van der Waals surface area contributed by atoms with Gasteiger partial charge in [-0.05, 0) is 18.1 Å². The zero-order chi connectivity index (χ0) is 14.7. The molecule has 0 aliphatic carbocycles. The molecule has 0 spiro atoms. The van der Waals surface area contributed by atoms with Crippen LogP contribution in [-0.2, 0) is 17.6 Å². The standard InChI is InChI=1S/C15H16N4OS/c16-15-19-11(9-21-15)7-14(20)17-6-5-10-8-18-13-4-2-1-3-12(10)13/h1-4,8-9,18H,5-7H2,(H2,16,19)(H,17,20). The number of H-pyrrole nitrogens is 1. The van der Waals surface area contributed by atoms with E-state index >= 15 is 0 Å². The first kappa shape index (κ1) is 13.6. The largest absolute Gasteiger partial charge is 0.375 e. The van der Waals surface area contributed by atoms with E-state index in [0.717, 1.165) is 17.6 Å². The Kier molecular flexibility index (Phi) is 3.87. The Labute approximate surface area is 126 Å². The van der Waals surface area contributed by atoms with E-state index in [0.29, 0.717) is 11.7 Å². The summed E-state index contributed by atoms with van der Waals surface area (Å²) >= 11 is 1.35. The number of benzene rings is 1. The van der Waals surface area contributed by atoms with Crippen LogP contribution in [-0.4, -0.2) is 22.4 Å². The van der Waals surface area contributed by atoms with Gasteiger partial charge in [0, 0.05) is 29.0 Å². The van der Waals surface area contributed by atoms with Gasteiger partial charge in [-0.2, -0.15) is 0 Å². The van der Waals surface area contributed by atoms with Crippen LogP contribution in [0.1, 0.15) is 11.3 Å². The third kappa shape index (κ3) is 3.22. The number of anilines is 1. The van der Waals surface area contributed by atoms with Gasteiger partial charge >= 0.3 is 0 Å². The number of carbonyl (C=O) groups is 1. The molecule has 5 nitrogen and oxygen atoms in total. The van der Waals surface area contributed by atoms with E-state index in [1.165, 1.54) is 22.3 Å². The Morgan fingerprint density at radius 3 is 3.05 bits per heavy atom. The second-order valence-corrected chi connectivity index (χ2v) is 5.70. The number of amides is 1. The lowest BCUT2D eigenvalue weighted by atomic mass is 10.1. The summed E-state index contributed by atoms with van der Waals surface area (Å²) in [6.45, 7) is 0.611. The molecular weight excluding hydrogens is 284 g/mol. The number of nitrogens with two attached hydrogens (primary N) is 1. The zero-order valence-corrected chi connectivity index (χ0v) is 12.2. The number of carbonyl (C=O) groups excluding carboxylic acids is 1. The first-order valence-corrected chi connectivity index (χ1v) is 7.62. The SMILES string of the molecule is Nc1nc(CC(=O)NCCc2c[nH]c3ccccc23)cs1. The Morgan fingerprint density at radius 1 is 1.38 bits per heavy atom. The maximum absolute atomic E-state index is 11.8. The molecule has 0 saturated heterocycles. The number of para-hydroxylation sites is 1. The highest BCUT2D eigenvalue weighted by Crippen LogP contribution is 2.17. The molecule has 2 heterocycles. The van der Waals surface area contributed by atoms with Crippen LogP contribution in [0.4, 0.5) is 5.13 Å². The van der Waals surface area contributed by atoms with Gasteiger partial charge in [0.05, 0.1) is 12.1 Å². The van der Waals surface area contributed by atoms with Crippen LogP contribution in [0.2, 0.25) is 0 Å². The number of aromatic nitrogens is 2.